The van der Waals surface area contributed by atoms with Gasteiger partial charge in [0.1, 0.15) is 31.3 Å². The Morgan fingerprint density at radius 2 is 1.09 bits per heavy atom. The van der Waals surface area contributed by atoms with Crippen LogP contribution in [0.4, 0.5) is 11.4 Å². The smallest absolute Gasteiger partial charge is 0.256 e. The number of amides is 4. The molecule has 4 heterocycles. The number of hydrogen-bond acceptors (Lipinski definition) is 11. The second-order valence-corrected chi connectivity index (χ2v) is 29.4. The summed E-state index contributed by atoms with van der Waals surface area (Å²) in [4.78, 5) is 61.3. The molecular formula is C41H60N4O11Si2. The average Bonchev–Trinajstić information content (AvgIpc) is 3.72. The summed E-state index contributed by atoms with van der Waals surface area (Å²) in [5.74, 6) is -0.155. The third kappa shape index (κ3) is 9.71. The highest BCUT2D eigenvalue weighted by molar-refractivity contribution is 6.76. The third-order valence-electron chi connectivity index (χ3n) is 11.0. The number of methoxy groups -OCH3 is 1. The topological polar surface area (TPSA) is 168 Å². The van der Waals surface area contributed by atoms with Crippen molar-refractivity contribution >= 4 is 51.2 Å². The van der Waals surface area contributed by atoms with Gasteiger partial charge >= 0.3 is 0 Å². The number of anilines is 2. The fourth-order valence-corrected chi connectivity index (χ4v) is 9.17. The standard InChI is InChI=1S/C41H60N4O11Si2/c1-26-16-29-31(44(24-53-12-14-57(3,4)5)40(50)33-17-27(46)22-42(33)38(29)48)20-35(26)55-10-9-11-56-37-21-32-30(19-36(37)52-2)39(49)43-23-28(47)18-34(43)41(51)45(32)25-54-13-15-58(6,7)8/h16,19-21,27-28,33-34,46-47H,9-15,17-18,22-25H2,1-8H3/t27-,28?,33+,34+/m1/s1. The van der Waals surface area contributed by atoms with Gasteiger partial charge in [-0.05, 0) is 36.7 Å². The van der Waals surface area contributed by atoms with Crippen molar-refractivity contribution in [2.75, 3.05) is 69.9 Å². The van der Waals surface area contributed by atoms with Gasteiger partial charge in [0.15, 0.2) is 11.5 Å². The molecule has 2 aromatic carbocycles. The minimum Gasteiger partial charge on any atom is -0.493 e. The lowest BCUT2D eigenvalue weighted by atomic mass is 10.1. The Morgan fingerprint density at radius 1 is 0.638 bits per heavy atom. The monoisotopic (exact) mass is 840 g/mol. The van der Waals surface area contributed by atoms with Crippen LogP contribution >= 0.6 is 0 Å². The van der Waals surface area contributed by atoms with Gasteiger partial charge in [-0.15, -0.1) is 0 Å². The molecule has 4 atom stereocenters. The second kappa shape index (κ2) is 17.7. The number of carbonyl (C=O) groups is 4. The molecule has 15 nitrogen and oxygen atoms in total. The molecule has 0 radical (unpaired) electrons. The molecule has 4 amide bonds. The molecule has 2 saturated heterocycles. The highest BCUT2D eigenvalue weighted by atomic mass is 28.3. The zero-order valence-corrected chi connectivity index (χ0v) is 37.2. The quantitative estimate of drug-likeness (QED) is 0.172. The number of rotatable bonds is 17. The number of fused-ring (bicyclic) bond motifs is 4. The first kappa shape index (κ1) is 43.6. The van der Waals surface area contributed by atoms with E-state index in [2.05, 4.69) is 39.3 Å². The summed E-state index contributed by atoms with van der Waals surface area (Å²) in [6, 6.07) is 6.90. The molecule has 1 unspecified atom stereocenters. The van der Waals surface area contributed by atoms with Crippen LogP contribution < -0.4 is 24.0 Å². The molecule has 318 valence electrons. The molecule has 2 fully saturated rings. The van der Waals surface area contributed by atoms with Gasteiger partial charge in [0.05, 0.1) is 55.0 Å². The highest BCUT2D eigenvalue weighted by Crippen LogP contribution is 2.41. The summed E-state index contributed by atoms with van der Waals surface area (Å²) in [7, 11) is -1.31. The Morgan fingerprint density at radius 3 is 1.55 bits per heavy atom. The van der Waals surface area contributed by atoms with Crippen molar-refractivity contribution < 1.29 is 53.1 Å². The molecule has 2 N–H and O–H groups in total. The summed E-state index contributed by atoms with van der Waals surface area (Å²) < 4.78 is 30.1. The first-order valence-corrected chi connectivity index (χ1v) is 27.7. The molecule has 4 aliphatic rings. The van der Waals surface area contributed by atoms with E-state index >= 15 is 0 Å². The fourth-order valence-electron chi connectivity index (χ4n) is 7.65. The minimum atomic E-state index is -1.40. The molecule has 0 bridgehead atoms. The van der Waals surface area contributed by atoms with Gasteiger partial charge in [-0.1, -0.05) is 39.3 Å². The largest absolute Gasteiger partial charge is 0.493 e. The van der Waals surface area contributed by atoms with Crippen molar-refractivity contribution in [3.8, 4) is 17.2 Å². The SMILES string of the molecule is COc1cc2c(cc1OCCCOc1cc3c(cc1C)C(=O)N1C[C@H](O)C[C@H]1C(=O)N3COCC[Si](C)(C)C)N(COCC[Si](C)(C)C)C(=O)[C@@H]1CC(O)CN1C2=O. The molecule has 0 saturated carbocycles. The van der Waals surface area contributed by atoms with E-state index < -0.39 is 40.4 Å². The van der Waals surface area contributed by atoms with Crippen LogP contribution in [0.2, 0.25) is 51.4 Å². The maximum Gasteiger partial charge on any atom is 0.256 e. The van der Waals surface area contributed by atoms with E-state index in [-0.39, 0.29) is 81.8 Å². The molecule has 0 aromatic heterocycles. The molecule has 4 aliphatic heterocycles. The molecule has 2 aromatic rings. The molecule has 0 aliphatic carbocycles. The summed E-state index contributed by atoms with van der Waals surface area (Å²) in [5.41, 5.74) is 2.08. The van der Waals surface area contributed by atoms with Crippen molar-refractivity contribution in [2.24, 2.45) is 0 Å². The van der Waals surface area contributed by atoms with Crippen LogP contribution in [0.25, 0.3) is 0 Å². The number of aliphatic hydroxyl groups excluding tert-OH is 2. The lowest BCUT2D eigenvalue weighted by Crippen LogP contribution is -2.45. The summed E-state index contributed by atoms with van der Waals surface area (Å²) in [5, 5.41) is 20.8. The number of carbonyl (C=O) groups excluding carboxylic acids is 4. The van der Waals surface area contributed by atoms with E-state index in [0.29, 0.717) is 59.4 Å². The predicted molar refractivity (Wildman–Crippen MR) is 224 cm³/mol. The zero-order chi connectivity index (χ0) is 42.1. The van der Waals surface area contributed by atoms with Gasteiger partial charge in [0.25, 0.3) is 23.6 Å². The lowest BCUT2D eigenvalue weighted by Gasteiger charge is -2.26. The van der Waals surface area contributed by atoms with Gasteiger partial charge < -0.3 is 43.7 Å². The van der Waals surface area contributed by atoms with Gasteiger partial charge in [0, 0.05) is 73.8 Å². The van der Waals surface area contributed by atoms with Crippen molar-refractivity contribution in [1.29, 1.82) is 0 Å². The van der Waals surface area contributed by atoms with Crippen LogP contribution in [0.1, 0.15) is 45.5 Å². The Bertz CT molecular complexity index is 1880. The summed E-state index contributed by atoms with van der Waals surface area (Å²) in [6.45, 7) is 16.8. The van der Waals surface area contributed by atoms with Crippen LogP contribution in [0.5, 0.6) is 17.2 Å². The molecule has 58 heavy (non-hydrogen) atoms. The van der Waals surface area contributed by atoms with E-state index in [9.17, 15) is 29.4 Å². The van der Waals surface area contributed by atoms with Crippen molar-refractivity contribution in [3.63, 3.8) is 0 Å². The predicted octanol–water partition coefficient (Wildman–Crippen LogP) is 4.32. The van der Waals surface area contributed by atoms with Crippen LogP contribution in [0.3, 0.4) is 0 Å². The third-order valence-corrected chi connectivity index (χ3v) is 14.4. The van der Waals surface area contributed by atoms with Crippen LogP contribution in [0.15, 0.2) is 24.3 Å². The van der Waals surface area contributed by atoms with Crippen molar-refractivity contribution in [2.45, 2.75) is 102 Å². The Kier molecular flexibility index (Phi) is 13.3. The van der Waals surface area contributed by atoms with Gasteiger partial charge in [0.2, 0.25) is 0 Å². The summed E-state index contributed by atoms with van der Waals surface area (Å²) in [6.07, 6.45) is -0.830. The number of nitrogens with zero attached hydrogens (tertiary/aromatic N) is 4. The van der Waals surface area contributed by atoms with Gasteiger partial charge in [-0.3, -0.25) is 29.0 Å². The maximum absolute atomic E-state index is 13.9. The van der Waals surface area contributed by atoms with Crippen molar-refractivity contribution in [3.05, 3.63) is 41.0 Å². The number of aryl methyl sites for hydroxylation is 1. The molecular weight excluding hydrogens is 781 g/mol. The van der Waals surface area contributed by atoms with Crippen LogP contribution in [-0.2, 0) is 19.1 Å². The Labute approximate surface area is 343 Å². The average molecular weight is 841 g/mol. The second-order valence-electron chi connectivity index (χ2n) is 18.2. The fraction of sp³-hybridized carbons (Fsp3) is 0.610. The van der Waals surface area contributed by atoms with E-state index in [4.69, 9.17) is 23.7 Å². The number of aliphatic hydroxyl groups is 2. The normalized spacial score (nSPS) is 22.1. The zero-order valence-electron chi connectivity index (χ0n) is 35.2. The van der Waals surface area contributed by atoms with E-state index in [0.717, 1.165) is 12.1 Å². The number of benzene rings is 2. The number of ether oxygens (including phenoxy) is 5. The summed E-state index contributed by atoms with van der Waals surface area (Å²) >= 11 is 0. The number of hydrogen-bond donors (Lipinski definition) is 2. The van der Waals surface area contributed by atoms with Crippen LogP contribution in [-0.4, -0.2) is 144 Å². The molecule has 17 heteroatoms. The maximum atomic E-state index is 13.9. The van der Waals surface area contributed by atoms with Gasteiger partial charge in [-0.25, -0.2) is 0 Å². The lowest BCUT2D eigenvalue weighted by molar-refractivity contribution is -0.124. The molecule has 0 spiro atoms. The minimum absolute atomic E-state index is 0.0250. The van der Waals surface area contributed by atoms with Crippen molar-refractivity contribution in [1.82, 2.24) is 9.80 Å². The van der Waals surface area contributed by atoms with E-state index in [1.165, 1.54) is 26.7 Å². The Balaban J connectivity index is 1.17. The van der Waals surface area contributed by atoms with Gasteiger partial charge in [-0.2, -0.15) is 0 Å². The first-order chi connectivity index (χ1) is 27.4. The Hall–Kier alpha value is -4.01. The van der Waals surface area contributed by atoms with E-state index in [1.54, 1.807) is 24.3 Å². The first-order valence-electron chi connectivity index (χ1n) is 20.3. The molecule has 6 rings (SSSR count). The van der Waals surface area contributed by atoms with E-state index in [1.807, 2.05) is 6.92 Å². The highest BCUT2D eigenvalue weighted by Gasteiger charge is 2.47. The van der Waals surface area contributed by atoms with Crippen LogP contribution in [0, 0.1) is 6.92 Å².